The van der Waals surface area contributed by atoms with Crippen LogP contribution < -0.4 is 0 Å². The van der Waals surface area contributed by atoms with E-state index in [-0.39, 0.29) is 12.8 Å². The van der Waals surface area contributed by atoms with Gasteiger partial charge in [0.05, 0.1) is 0 Å². The molecule has 1 atom stereocenters. The third-order valence-electron chi connectivity index (χ3n) is 1.93. The first-order valence-corrected chi connectivity index (χ1v) is 3.92. The Balaban J connectivity index is 2.76. The Morgan fingerprint density at radius 1 is 1.33 bits per heavy atom. The molecule has 0 saturated heterocycles. The molecule has 1 aliphatic rings. The van der Waals surface area contributed by atoms with E-state index < -0.39 is 11.5 Å². The van der Waals surface area contributed by atoms with E-state index in [1.165, 1.54) is 6.08 Å². The Morgan fingerprint density at radius 2 is 2.00 bits per heavy atom. The van der Waals surface area contributed by atoms with Crippen molar-refractivity contribution in [2.75, 3.05) is 0 Å². The van der Waals surface area contributed by atoms with Crippen LogP contribution in [0, 0.1) is 0 Å². The zero-order chi connectivity index (χ0) is 9.24. The maximum Gasteiger partial charge on any atom is 0.266 e. The summed E-state index contributed by atoms with van der Waals surface area (Å²) < 4.78 is 25.1. The molecule has 0 spiro atoms. The molecule has 3 heteroatoms. The van der Waals surface area contributed by atoms with Gasteiger partial charge >= 0.3 is 0 Å². The van der Waals surface area contributed by atoms with Crippen molar-refractivity contribution in [3.8, 4) is 0 Å². The summed E-state index contributed by atoms with van der Waals surface area (Å²) in [5, 5.41) is 9.60. The summed E-state index contributed by atoms with van der Waals surface area (Å²) in [4.78, 5) is 0. The molecule has 68 valence electrons. The summed E-state index contributed by atoms with van der Waals surface area (Å²) in [6.45, 7) is 1.75. The molecule has 1 rings (SSSR count). The number of rotatable bonds is 1. The number of aliphatic hydroxyl groups is 1. The first kappa shape index (κ1) is 9.39. The third kappa shape index (κ3) is 2.14. The van der Waals surface area contributed by atoms with Crippen molar-refractivity contribution in [2.45, 2.75) is 31.3 Å². The number of alkyl halides is 2. The Labute approximate surface area is 70.4 Å². The Hall–Kier alpha value is -0.700. The van der Waals surface area contributed by atoms with Crippen molar-refractivity contribution in [1.29, 1.82) is 0 Å². The standard InChI is InChI=1S/C9H12F2O/c1-2-3-8(12)4-6-9(10,11)7-5-8/h2-4,6,12H,5,7H2,1H3/b3-2+. The van der Waals surface area contributed by atoms with Crippen LogP contribution in [0.2, 0.25) is 0 Å². The molecule has 0 aliphatic heterocycles. The fourth-order valence-electron chi connectivity index (χ4n) is 1.23. The normalized spacial score (nSPS) is 34.3. The van der Waals surface area contributed by atoms with Gasteiger partial charge in [-0.25, -0.2) is 8.78 Å². The lowest BCUT2D eigenvalue weighted by atomic mass is 9.89. The molecule has 0 fully saturated rings. The first-order valence-electron chi connectivity index (χ1n) is 3.92. The van der Waals surface area contributed by atoms with Crippen LogP contribution in [-0.2, 0) is 0 Å². The van der Waals surface area contributed by atoms with Crippen LogP contribution in [0.15, 0.2) is 24.3 Å². The molecule has 1 N–H and O–H groups in total. The molecule has 0 radical (unpaired) electrons. The van der Waals surface area contributed by atoms with Gasteiger partial charge in [0.25, 0.3) is 5.92 Å². The van der Waals surface area contributed by atoms with Crippen molar-refractivity contribution < 1.29 is 13.9 Å². The molecule has 0 amide bonds. The molecular formula is C9H12F2O. The molecule has 0 heterocycles. The van der Waals surface area contributed by atoms with Crippen LogP contribution in [0.5, 0.6) is 0 Å². The monoisotopic (exact) mass is 174 g/mol. The Morgan fingerprint density at radius 3 is 2.42 bits per heavy atom. The molecule has 1 aliphatic carbocycles. The van der Waals surface area contributed by atoms with E-state index in [1.807, 2.05) is 0 Å². The van der Waals surface area contributed by atoms with Gasteiger partial charge in [-0.15, -0.1) is 0 Å². The SMILES string of the molecule is C/C=C/C1(O)C=CC(F)(F)CC1. The largest absolute Gasteiger partial charge is 0.382 e. The zero-order valence-electron chi connectivity index (χ0n) is 6.93. The molecule has 0 bridgehead atoms. The predicted octanol–water partition coefficient (Wildman–Crippen LogP) is 2.28. The van der Waals surface area contributed by atoms with Gasteiger partial charge in [0.1, 0.15) is 5.60 Å². The van der Waals surface area contributed by atoms with Gasteiger partial charge < -0.3 is 5.11 Å². The van der Waals surface area contributed by atoms with Crippen LogP contribution in [0.1, 0.15) is 19.8 Å². The summed E-state index contributed by atoms with van der Waals surface area (Å²) in [7, 11) is 0. The predicted molar refractivity (Wildman–Crippen MR) is 43.1 cm³/mol. The van der Waals surface area contributed by atoms with Crippen LogP contribution in [-0.4, -0.2) is 16.6 Å². The van der Waals surface area contributed by atoms with Gasteiger partial charge in [-0.2, -0.15) is 0 Å². The molecule has 0 aromatic carbocycles. The average molecular weight is 174 g/mol. The van der Waals surface area contributed by atoms with E-state index in [0.29, 0.717) is 0 Å². The van der Waals surface area contributed by atoms with Crippen LogP contribution in [0.4, 0.5) is 8.78 Å². The lowest BCUT2D eigenvalue weighted by Crippen LogP contribution is -2.31. The Bertz CT molecular complexity index is 221. The number of hydrogen-bond donors (Lipinski definition) is 1. The molecule has 0 saturated carbocycles. The van der Waals surface area contributed by atoms with Crippen molar-refractivity contribution in [1.82, 2.24) is 0 Å². The van der Waals surface area contributed by atoms with Crippen molar-refractivity contribution in [3.05, 3.63) is 24.3 Å². The first-order chi connectivity index (χ1) is 5.47. The van der Waals surface area contributed by atoms with E-state index >= 15 is 0 Å². The van der Waals surface area contributed by atoms with Crippen LogP contribution in [0.3, 0.4) is 0 Å². The van der Waals surface area contributed by atoms with Gasteiger partial charge in [-0.1, -0.05) is 12.2 Å². The fraction of sp³-hybridized carbons (Fsp3) is 0.556. The smallest absolute Gasteiger partial charge is 0.266 e. The zero-order valence-corrected chi connectivity index (χ0v) is 6.93. The Kier molecular flexibility index (Phi) is 2.33. The number of allylic oxidation sites excluding steroid dienone is 2. The minimum atomic E-state index is -2.74. The minimum absolute atomic E-state index is 0.0842. The quantitative estimate of drug-likeness (QED) is 0.604. The van der Waals surface area contributed by atoms with Gasteiger partial charge in [-0.3, -0.25) is 0 Å². The molecule has 0 aromatic heterocycles. The van der Waals surface area contributed by atoms with E-state index in [1.54, 1.807) is 13.0 Å². The van der Waals surface area contributed by atoms with E-state index in [4.69, 9.17) is 0 Å². The van der Waals surface area contributed by atoms with Gasteiger partial charge in [0, 0.05) is 6.42 Å². The molecule has 0 aromatic rings. The summed E-state index contributed by atoms with van der Waals surface area (Å²) in [5.74, 6) is -2.74. The second kappa shape index (κ2) is 2.98. The lowest BCUT2D eigenvalue weighted by Gasteiger charge is -2.27. The van der Waals surface area contributed by atoms with Crippen LogP contribution in [0.25, 0.3) is 0 Å². The highest BCUT2D eigenvalue weighted by Gasteiger charge is 2.35. The van der Waals surface area contributed by atoms with Crippen LogP contribution >= 0.6 is 0 Å². The fourth-order valence-corrected chi connectivity index (χ4v) is 1.23. The van der Waals surface area contributed by atoms with E-state index in [2.05, 4.69) is 0 Å². The van der Waals surface area contributed by atoms with Crippen molar-refractivity contribution in [3.63, 3.8) is 0 Å². The van der Waals surface area contributed by atoms with E-state index in [0.717, 1.165) is 12.2 Å². The second-order valence-electron chi connectivity index (χ2n) is 3.09. The second-order valence-corrected chi connectivity index (χ2v) is 3.09. The number of halogens is 2. The highest BCUT2D eigenvalue weighted by atomic mass is 19.3. The maximum absolute atomic E-state index is 12.6. The highest BCUT2D eigenvalue weighted by Crippen LogP contribution is 2.33. The maximum atomic E-state index is 12.6. The summed E-state index contributed by atoms with van der Waals surface area (Å²) >= 11 is 0. The highest BCUT2D eigenvalue weighted by molar-refractivity contribution is 5.19. The van der Waals surface area contributed by atoms with Crippen molar-refractivity contribution >= 4 is 0 Å². The van der Waals surface area contributed by atoms with Crippen molar-refractivity contribution in [2.24, 2.45) is 0 Å². The molecule has 1 unspecified atom stereocenters. The number of hydrogen-bond acceptors (Lipinski definition) is 1. The minimum Gasteiger partial charge on any atom is -0.382 e. The summed E-state index contributed by atoms with van der Waals surface area (Å²) in [5.41, 5.74) is -1.16. The van der Waals surface area contributed by atoms with Gasteiger partial charge in [0.15, 0.2) is 0 Å². The molecular weight excluding hydrogens is 162 g/mol. The summed E-state index contributed by atoms with van der Waals surface area (Å²) in [6, 6.07) is 0. The topological polar surface area (TPSA) is 20.2 Å². The summed E-state index contributed by atoms with van der Waals surface area (Å²) in [6.07, 6.45) is 4.92. The van der Waals surface area contributed by atoms with Gasteiger partial charge in [-0.05, 0) is 25.5 Å². The third-order valence-corrected chi connectivity index (χ3v) is 1.93. The molecule has 12 heavy (non-hydrogen) atoms. The van der Waals surface area contributed by atoms with E-state index in [9.17, 15) is 13.9 Å². The van der Waals surface area contributed by atoms with Gasteiger partial charge in [0.2, 0.25) is 0 Å². The molecule has 1 nitrogen and oxygen atoms in total. The lowest BCUT2D eigenvalue weighted by molar-refractivity contribution is 0.00447. The average Bonchev–Trinajstić information content (AvgIpc) is 1.98.